The molecular formula is C15H22N2O. The van der Waals surface area contributed by atoms with E-state index in [1.807, 2.05) is 0 Å². The first-order valence-corrected chi connectivity index (χ1v) is 6.89. The van der Waals surface area contributed by atoms with Gasteiger partial charge < -0.3 is 15.4 Å². The van der Waals surface area contributed by atoms with Crippen LogP contribution in [-0.2, 0) is 11.2 Å². The largest absolute Gasteiger partial charge is 0.381 e. The number of ether oxygens (including phenoxy) is 1. The summed E-state index contributed by atoms with van der Waals surface area (Å²) in [5.74, 6) is 0.550. The predicted octanol–water partition coefficient (Wildman–Crippen LogP) is 1.80. The van der Waals surface area contributed by atoms with Gasteiger partial charge in [0.05, 0.1) is 12.1 Å². The molecule has 0 amide bonds. The molecule has 0 aliphatic carbocycles. The van der Waals surface area contributed by atoms with Crippen LogP contribution in [0.15, 0.2) is 24.3 Å². The maximum Gasteiger partial charge on any atom is 0.0547 e. The minimum absolute atomic E-state index is 0.0309. The SMILES string of the molecule is CC(CN)(C1CCOC1)N1CCc2ccccc21. The zero-order valence-corrected chi connectivity index (χ0v) is 11.1. The van der Waals surface area contributed by atoms with E-state index < -0.39 is 0 Å². The van der Waals surface area contributed by atoms with E-state index >= 15 is 0 Å². The molecule has 0 spiro atoms. The van der Waals surface area contributed by atoms with E-state index in [0.717, 1.165) is 32.6 Å². The molecule has 0 aromatic heterocycles. The normalized spacial score (nSPS) is 26.1. The summed E-state index contributed by atoms with van der Waals surface area (Å²) in [6.07, 6.45) is 2.27. The van der Waals surface area contributed by atoms with Crippen LogP contribution in [0.1, 0.15) is 18.9 Å². The Labute approximate surface area is 109 Å². The molecule has 1 aromatic carbocycles. The minimum atomic E-state index is 0.0309. The second kappa shape index (κ2) is 4.56. The lowest BCUT2D eigenvalue weighted by molar-refractivity contribution is 0.165. The molecule has 3 rings (SSSR count). The quantitative estimate of drug-likeness (QED) is 0.884. The summed E-state index contributed by atoms with van der Waals surface area (Å²) in [7, 11) is 0. The summed E-state index contributed by atoms with van der Waals surface area (Å²) in [5, 5.41) is 0. The van der Waals surface area contributed by atoms with Crippen molar-refractivity contribution in [3.8, 4) is 0 Å². The Bertz CT molecular complexity index is 428. The van der Waals surface area contributed by atoms with Gasteiger partial charge in [0.1, 0.15) is 0 Å². The minimum Gasteiger partial charge on any atom is -0.381 e. The molecule has 0 bridgehead atoms. The Balaban J connectivity index is 1.93. The first kappa shape index (κ1) is 12.0. The van der Waals surface area contributed by atoms with Crippen molar-refractivity contribution in [2.75, 3.05) is 31.2 Å². The fourth-order valence-corrected chi connectivity index (χ4v) is 3.39. The summed E-state index contributed by atoms with van der Waals surface area (Å²) in [4.78, 5) is 2.52. The van der Waals surface area contributed by atoms with Gasteiger partial charge in [-0.1, -0.05) is 18.2 Å². The van der Waals surface area contributed by atoms with Crippen LogP contribution in [0.3, 0.4) is 0 Å². The third kappa shape index (κ3) is 1.73. The molecule has 1 saturated heterocycles. The van der Waals surface area contributed by atoms with Crippen LogP contribution in [0.2, 0.25) is 0 Å². The second-order valence-electron chi connectivity index (χ2n) is 5.65. The summed E-state index contributed by atoms with van der Waals surface area (Å²) in [5.41, 5.74) is 8.98. The van der Waals surface area contributed by atoms with E-state index in [2.05, 4.69) is 36.1 Å². The number of para-hydroxylation sites is 1. The van der Waals surface area contributed by atoms with Crippen molar-refractivity contribution in [2.45, 2.75) is 25.3 Å². The zero-order valence-electron chi connectivity index (χ0n) is 11.1. The maximum absolute atomic E-state index is 6.13. The Morgan fingerprint density at radius 2 is 2.28 bits per heavy atom. The van der Waals surface area contributed by atoms with Gasteiger partial charge in [0, 0.05) is 31.3 Å². The molecule has 2 heterocycles. The van der Waals surface area contributed by atoms with Gasteiger partial charge in [0.25, 0.3) is 0 Å². The van der Waals surface area contributed by atoms with Gasteiger partial charge in [0.2, 0.25) is 0 Å². The number of rotatable bonds is 3. The van der Waals surface area contributed by atoms with Gasteiger partial charge >= 0.3 is 0 Å². The van der Waals surface area contributed by atoms with Crippen LogP contribution >= 0.6 is 0 Å². The second-order valence-corrected chi connectivity index (χ2v) is 5.65. The highest BCUT2D eigenvalue weighted by Crippen LogP contribution is 2.39. The molecule has 0 saturated carbocycles. The number of nitrogens with two attached hydrogens (primary N) is 1. The number of hydrogen-bond donors (Lipinski definition) is 1. The van der Waals surface area contributed by atoms with Crippen LogP contribution < -0.4 is 10.6 Å². The first-order chi connectivity index (χ1) is 8.75. The van der Waals surface area contributed by atoms with Crippen molar-refractivity contribution in [2.24, 2.45) is 11.7 Å². The van der Waals surface area contributed by atoms with Gasteiger partial charge in [-0.05, 0) is 31.4 Å². The number of nitrogens with zero attached hydrogens (tertiary/aromatic N) is 1. The first-order valence-electron chi connectivity index (χ1n) is 6.89. The van der Waals surface area contributed by atoms with Crippen molar-refractivity contribution in [3.63, 3.8) is 0 Å². The summed E-state index contributed by atoms with van der Waals surface area (Å²) >= 11 is 0. The smallest absolute Gasteiger partial charge is 0.0547 e. The summed E-state index contributed by atoms with van der Waals surface area (Å²) < 4.78 is 5.57. The molecule has 3 heteroatoms. The van der Waals surface area contributed by atoms with Gasteiger partial charge in [0.15, 0.2) is 0 Å². The van der Waals surface area contributed by atoms with Crippen LogP contribution in [0.5, 0.6) is 0 Å². The number of anilines is 1. The van der Waals surface area contributed by atoms with E-state index in [9.17, 15) is 0 Å². The van der Waals surface area contributed by atoms with E-state index in [4.69, 9.17) is 10.5 Å². The van der Waals surface area contributed by atoms with Crippen LogP contribution in [0, 0.1) is 5.92 Å². The monoisotopic (exact) mass is 246 g/mol. The predicted molar refractivity (Wildman–Crippen MR) is 73.9 cm³/mol. The Hall–Kier alpha value is -1.06. The van der Waals surface area contributed by atoms with Gasteiger partial charge in [-0.2, -0.15) is 0 Å². The highest BCUT2D eigenvalue weighted by molar-refractivity contribution is 5.60. The van der Waals surface area contributed by atoms with Gasteiger partial charge in [-0.3, -0.25) is 0 Å². The summed E-state index contributed by atoms with van der Waals surface area (Å²) in [6.45, 7) is 5.81. The molecule has 2 unspecified atom stereocenters. The van der Waals surface area contributed by atoms with E-state index in [1.165, 1.54) is 11.3 Å². The van der Waals surface area contributed by atoms with Crippen molar-refractivity contribution >= 4 is 5.69 Å². The Morgan fingerprint density at radius 3 is 3.00 bits per heavy atom. The van der Waals surface area contributed by atoms with E-state index in [0.29, 0.717) is 12.5 Å². The topological polar surface area (TPSA) is 38.5 Å². The van der Waals surface area contributed by atoms with Gasteiger partial charge in [-0.25, -0.2) is 0 Å². The average molecular weight is 246 g/mol. The lowest BCUT2D eigenvalue weighted by Gasteiger charge is -2.44. The molecule has 2 atom stereocenters. The number of benzene rings is 1. The molecule has 18 heavy (non-hydrogen) atoms. The lowest BCUT2D eigenvalue weighted by Crippen LogP contribution is -2.56. The van der Waals surface area contributed by atoms with Crippen molar-refractivity contribution in [1.82, 2.24) is 0 Å². The zero-order chi connectivity index (χ0) is 12.6. The maximum atomic E-state index is 6.13. The average Bonchev–Trinajstić information content (AvgIpc) is 3.07. The molecule has 1 fully saturated rings. The molecule has 3 nitrogen and oxygen atoms in total. The van der Waals surface area contributed by atoms with Crippen LogP contribution in [-0.4, -0.2) is 31.8 Å². The summed E-state index contributed by atoms with van der Waals surface area (Å²) in [6, 6.07) is 8.71. The fourth-order valence-electron chi connectivity index (χ4n) is 3.39. The van der Waals surface area contributed by atoms with E-state index in [-0.39, 0.29) is 5.54 Å². The van der Waals surface area contributed by atoms with Crippen LogP contribution in [0.4, 0.5) is 5.69 Å². The standard InChI is InChI=1S/C15H22N2O/c1-15(11-16,13-7-9-18-10-13)17-8-6-12-4-2-3-5-14(12)17/h2-5,13H,6-11,16H2,1H3. The highest BCUT2D eigenvalue weighted by atomic mass is 16.5. The lowest BCUT2D eigenvalue weighted by atomic mass is 9.83. The molecule has 2 aliphatic heterocycles. The Morgan fingerprint density at radius 1 is 1.44 bits per heavy atom. The van der Waals surface area contributed by atoms with Crippen molar-refractivity contribution in [3.05, 3.63) is 29.8 Å². The molecule has 2 N–H and O–H groups in total. The van der Waals surface area contributed by atoms with Crippen molar-refractivity contribution in [1.29, 1.82) is 0 Å². The molecule has 1 aromatic rings. The third-order valence-electron chi connectivity index (χ3n) is 4.73. The molecule has 2 aliphatic rings. The van der Waals surface area contributed by atoms with Gasteiger partial charge in [-0.15, -0.1) is 0 Å². The molecular weight excluding hydrogens is 224 g/mol. The number of fused-ring (bicyclic) bond motifs is 1. The fraction of sp³-hybridized carbons (Fsp3) is 0.600. The third-order valence-corrected chi connectivity index (χ3v) is 4.73. The van der Waals surface area contributed by atoms with Crippen LogP contribution in [0.25, 0.3) is 0 Å². The highest BCUT2D eigenvalue weighted by Gasteiger charge is 2.42. The molecule has 98 valence electrons. The van der Waals surface area contributed by atoms with E-state index in [1.54, 1.807) is 0 Å². The molecule has 0 radical (unpaired) electrons. The number of hydrogen-bond acceptors (Lipinski definition) is 3. The Kier molecular flexibility index (Phi) is 3.04. The van der Waals surface area contributed by atoms with Crippen molar-refractivity contribution < 1.29 is 4.74 Å².